The summed E-state index contributed by atoms with van der Waals surface area (Å²) in [6.45, 7) is 8.91. The van der Waals surface area contributed by atoms with E-state index in [-0.39, 0.29) is 6.61 Å². The highest BCUT2D eigenvalue weighted by molar-refractivity contribution is 5.75. The Balaban J connectivity index is 1.49. The molecule has 2 atom stereocenters. The first-order valence-electron chi connectivity index (χ1n) is 10.3. The maximum Gasteiger partial charge on any atom is 0.298 e. The molecule has 3 heterocycles. The Morgan fingerprint density at radius 3 is 2.78 bits per heavy atom. The molecule has 148 valence electrons. The van der Waals surface area contributed by atoms with E-state index in [1.807, 2.05) is 6.07 Å². The van der Waals surface area contributed by atoms with Crippen molar-refractivity contribution >= 4 is 17.1 Å². The molecule has 0 saturated carbocycles. The molecule has 0 aliphatic carbocycles. The molecule has 1 aromatic heterocycles. The zero-order valence-electron chi connectivity index (χ0n) is 16.6. The number of aliphatic hydroxyl groups is 1. The molecule has 0 unspecified atom stereocenters. The van der Waals surface area contributed by atoms with E-state index in [2.05, 4.69) is 40.8 Å². The van der Waals surface area contributed by atoms with Gasteiger partial charge < -0.3 is 19.3 Å². The predicted molar refractivity (Wildman–Crippen MR) is 108 cm³/mol. The minimum absolute atomic E-state index is 0.272. The van der Waals surface area contributed by atoms with Gasteiger partial charge in [-0.15, -0.1) is 0 Å². The van der Waals surface area contributed by atoms with Crippen molar-refractivity contribution in [3.63, 3.8) is 0 Å². The molecule has 4 rings (SSSR count). The number of hydrogen-bond donors (Lipinski definition) is 1. The normalized spacial score (nSPS) is 25.4. The number of fused-ring (bicyclic) bond motifs is 1. The van der Waals surface area contributed by atoms with Crippen molar-refractivity contribution in [2.75, 3.05) is 57.8 Å². The number of aryl methyl sites for hydroxylation is 1. The van der Waals surface area contributed by atoms with E-state index in [0.29, 0.717) is 12.0 Å². The standard InChI is InChI=1S/C21H32N4O2/c1-16-5-6-20-18(14-16)22-21(27-20)25-8-7-19(17(15-25)4-3-13-26)24-11-9-23(2)10-12-24/h5-6,14,17,19,26H,3-4,7-13,15H2,1-2H3/t17-,19+/m1/s1. The number of likely N-dealkylation sites (N-methyl/N-ethyl adjacent to an activating group) is 1. The molecule has 2 aromatic rings. The largest absolute Gasteiger partial charge is 0.423 e. The molecule has 6 nitrogen and oxygen atoms in total. The summed E-state index contributed by atoms with van der Waals surface area (Å²) in [6.07, 6.45) is 3.07. The number of anilines is 1. The average Bonchev–Trinajstić information content (AvgIpc) is 3.10. The van der Waals surface area contributed by atoms with Crippen LogP contribution in [0.1, 0.15) is 24.8 Å². The van der Waals surface area contributed by atoms with Gasteiger partial charge in [-0.1, -0.05) is 6.07 Å². The Bertz CT molecular complexity index is 754. The lowest BCUT2D eigenvalue weighted by Crippen LogP contribution is -2.56. The van der Waals surface area contributed by atoms with Crippen LogP contribution in [-0.2, 0) is 0 Å². The SMILES string of the molecule is Cc1ccc2oc(N3CC[C@H](N4CCN(C)CC4)[C@H](CCCO)C3)nc2c1. The zero-order valence-corrected chi connectivity index (χ0v) is 16.6. The van der Waals surface area contributed by atoms with Crippen molar-refractivity contribution < 1.29 is 9.52 Å². The second-order valence-electron chi connectivity index (χ2n) is 8.23. The number of nitrogens with zero attached hydrogens (tertiary/aromatic N) is 4. The van der Waals surface area contributed by atoms with Crippen molar-refractivity contribution in [2.45, 2.75) is 32.2 Å². The number of aromatic nitrogens is 1. The van der Waals surface area contributed by atoms with Gasteiger partial charge in [0.05, 0.1) is 0 Å². The molecule has 2 aliphatic rings. The molecule has 27 heavy (non-hydrogen) atoms. The van der Waals surface area contributed by atoms with Gasteiger partial charge in [0.2, 0.25) is 0 Å². The number of benzene rings is 1. The van der Waals surface area contributed by atoms with Crippen LogP contribution in [-0.4, -0.2) is 78.9 Å². The summed E-state index contributed by atoms with van der Waals surface area (Å²) in [5.41, 5.74) is 3.01. The number of aliphatic hydroxyl groups excluding tert-OH is 1. The van der Waals surface area contributed by atoms with Crippen LogP contribution in [0.2, 0.25) is 0 Å². The van der Waals surface area contributed by atoms with E-state index in [0.717, 1.165) is 75.6 Å². The zero-order chi connectivity index (χ0) is 18.8. The summed E-state index contributed by atoms with van der Waals surface area (Å²) in [5.74, 6) is 0.547. The topological polar surface area (TPSA) is 56.0 Å². The molecule has 6 heteroatoms. The van der Waals surface area contributed by atoms with Gasteiger partial charge in [0.1, 0.15) is 5.52 Å². The first-order valence-corrected chi connectivity index (χ1v) is 10.3. The van der Waals surface area contributed by atoms with E-state index in [1.54, 1.807) is 0 Å². The maximum atomic E-state index is 9.37. The Labute approximate surface area is 161 Å². The number of hydrogen-bond acceptors (Lipinski definition) is 6. The van der Waals surface area contributed by atoms with Crippen molar-refractivity contribution in [3.05, 3.63) is 23.8 Å². The van der Waals surface area contributed by atoms with Crippen molar-refractivity contribution in [2.24, 2.45) is 5.92 Å². The fraction of sp³-hybridized carbons (Fsp3) is 0.667. The van der Waals surface area contributed by atoms with Crippen LogP contribution < -0.4 is 4.90 Å². The van der Waals surface area contributed by atoms with Crippen LogP contribution in [0.5, 0.6) is 0 Å². The molecular weight excluding hydrogens is 340 g/mol. The van der Waals surface area contributed by atoms with Crippen molar-refractivity contribution in [1.29, 1.82) is 0 Å². The highest BCUT2D eigenvalue weighted by Crippen LogP contribution is 2.31. The van der Waals surface area contributed by atoms with Crippen LogP contribution in [0.4, 0.5) is 6.01 Å². The van der Waals surface area contributed by atoms with Gasteiger partial charge in [0.15, 0.2) is 5.58 Å². The monoisotopic (exact) mass is 372 g/mol. The lowest BCUT2D eigenvalue weighted by Gasteiger charge is -2.46. The third-order valence-corrected chi connectivity index (χ3v) is 6.24. The smallest absolute Gasteiger partial charge is 0.298 e. The van der Waals surface area contributed by atoms with Gasteiger partial charge in [-0.2, -0.15) is 4.98 Å². The summed E-state index contributed by atoms with van der Waals surface area (Å²) in [7, 11) is 2.21. The van der Waals surface area contributed by atoms with Gasteiger partial charge in [0, 0.05) is 51.9 Å². The van der Waals surface area contributed by atoms with Gasteiger partial charge in [-0.05, 0) is 56.8 Å². The second-order valence-corrected chi connectivity index (χ2v) is 8.23. The third-order valence-electron chi connectivity index (χ3n) is 6.24. The number of piperazine rings is 1. The highest BCUT2D eigenvalue weighted by Gasteiger charge is 2.35. The third kappa shape index (κ3) is 4.13. The van der Waals surface area contributed by atoms with E-state index in [9.17, 15) is 5.11 Å². The Morgan fingerprint density at radius 2 is 2.00 bits per heavy atom. The second kappa shape index (κ2) is 8.17. The minimum Gasteiger partial charge on any atom is -0.423 e. The molecule has 2 fully saturated rings. The molecule has 0 amide bonds. The molecule has 2 aliphatic heterocycles. The summed E-state index contributed by atoms with van der Waals surface area (Å²) in [4.78, 5) is 12.1. The predicted octanol–water partition coefficient (Wildman–Crippen LogP) is 2.35. The maximum absolute atomic E-state index is 9.37. The van der Waals surface area contributed by atoms with Gasteiger partial charge in [-0.3, -0.25) is 4.90 Å². The van der Waals surface area contributed by atoms with E-state index in [4.69, 9.17) is 9.40 Å². The molecule has 0 spiro atoms. The van der Waals surface area contributed by atoms with Crippen LogP contribution in [0.15, 0.2) is 22.6 Å². The molecule has 1 N–H and O–H groups in total. The Hall–Kier alpha value is -1.63. The number of oxazole rings is 1. The summed E-state index contributed by atoms with van der Waals surface area (Å²) < 4.78 is 6.06. The van der Waals surface area contributed by atoms with Crippen molar-refractivity contribution in [3.8, 4) is 0 Å². The molecule has 0 radical (unpaired) electrons. The quantitative estimate of drug-likeness (QED) is 0.870. The van der Waals surface area contributed by atoms with Crippen LogP contribution in [0.3, 0.4) is 0 Å². The highest BCUT2D eigenvalue weighted by atomic mass is 16.4. The Kier molecular flexibility index (Phi) is 5.66. The van der Waals surface area contributed by atoms with E-state index in [1.165, 1.54) is 5.56 Å². The van der Waals surface area contributed by atoms with E-state index < -0.39 is 0 Å². The van der Waals surface area contributed by atoms with Crippen LogP contribution in [0, 0.1) is 12.8 Å². The lowest BCUT2D eigenvalue weighted by molar-refractivity contribution is 0.0631. The van der Waals surface area contributed by atoms with Gasteiger partial charge >= 0.3 is 0 Å². The lowest BCUT2D eigenvalue weighted by atomic mass is 9.87. The van der Waals surface area contributed by atoms with Crippen LogP contribution >= 0.6 is 0 Å². The van der Waals surface area contributed by atoms with Crippen molar-refractivity contribution in [1.82, 2.24) is 14.8 Å². The fourth-order valence-electron chi connectivity index (χ4n) is 4.63. The van der Waals surface area contributed by atoms with E-state index >= 15 is 0 Å². The summed E-state index contributed by atoms with van der Waals surface area (Å²) in [6, 6.07) is 7.53. The summed E-state index contributed by atoms with van der Waals surface area (Å²) in [5, 5.41) is 9.37. The fourth-order valence-corrected chi connectivity index (χ4v) is 4.63. The molecular formula is C21H32N4O2. The molecule has 2 saturated heterocycles. The van der Waals surface area contributed by atoms with Crippen LogP contribution in [0.25, 0.3) is 11.1 Å². The minimum atomic E-state index is 0.272. The average molecular weight is 373 g/mol. The first kappa shape index (κ1) is 18.7. The Morgan fingerprint density at radius 1 is 1.19 bits per heavy atom. The van der Waals surface area contributed by atoms with Gasteiger partial charge in [0.25, 0.3) is 6.01 Å². The van der Waals surface area contributed by atoms with Gasteiger partial charge in [-0.25, -0.2) is 0 Å². The number of piperidine rings is 1. The number of rotatable bonds is 5. The summed E-state index contributed by atoms with van der Waals surface area (Å²) >= 11 is 0. The molecule has 0 bridgehead atoms. The first-order chi connectivity index (χ1) is 13.1. The molecule has 1 aromatic carbocycles.